The second kappa shape index (κ2) is 8.49. The Kier molecular flexibility index (Phi) is 6.11. The van der Waals surface area contributed by atoms with Gasteiger partial charge in [-0.15, -0.1) is 0 Å². The SMILES string of the molecule is COC(=O)c1ccc(CNC(=O)COc2ccc(C(N)=O)cc2)cc1. The summed E-state index contributed by atoms with van der Waals surface area (Å²) in [6.45, 7) is 0.153. The first-order valence-electron chi connectivity index (χ1n) is 7.46. The predicted molar refractivity (Wildman–Crippen MR) is 90.1 cm³/mol. The number of amides is 2. The largest absolute Gasteiger partial charge is 0.484 e. The molecule has 0 saturated carbocycles. The van der Waals surface area contributed by atoms with Crippen LogP contribution in [0.1, 0.15) is 26.3 Å². The van der Waals surface area contributed by atoms with Crippen LogP contribution in [0, 0.1) is 0 Å². The molecule has 0 aliphatic heterocycles. The van der Waals surface area contributed by atoms with E-state index in [4.69, 9.17) is 10.5 Å². The lowest BCUT2D eigenvalue weighted by Crippen LogP contribution is -2.28. The normalized spacial score (nSPS) is 9.96. The molecule has 0 fully saturated rings. The molecule has 7 nitrogen and oxygen atoms in total. The Labute approximate surface area is 144 Å². The van der Waals surface area contributed by atoms with Crippen LogP contribution in [-0.2, 0) is 16.1 Å². The molecular weight excluding hydrogens is 324 g/mol. The molecule has 3 N–H and O–H groups in total. The second-order valence-electron chi connectivity index (χ2n) is 5.14. The maximum atomic E-state index is 11.8. The first kappa shape index (κ1) is 18.0. The van der Waals surface area contributed by atoms with E-state index in [1.165, 1.54) is 19.2 Å². The van der Waals surface area contributed by atoms with Gasteiger partial charge < -0.3 is 20.5 Å². The van der Waals surface area contributed by atoms with Gasteiger partial charge in [0.15, 0.2) is 6.61 Å². The zero-order valence-electron chi connectivity index (χ0n) is 13.7. The Balaban J connectivity index is 1.78. The molecule has 0 atom stereocenters. The van der Waals surface area contributed by atoms with Crippen molar-refractivity contribution in [2.75, 3.05) is 13.7 Å². The highest BCUT2D eigenvalue weighted by Crippen LogP contribution is 2.11. The zero-order valence-corrected chi connectivity index (χ0v) is 13.7. The molecule has 0 heterocycles. The lowest BCUT2D eigenvalue weighted by molar-refractivity contribution is -0.123. The average Bonchev–Trinajstić information content (AvgIpc) is 2.64. The van der Waals surface area contributed by atoms with Crippen LogP contribution < -0.4 is 15.8 Å². The van der Waals surface area contributed by atoms with Crippen LogP contribution in [0.25, 0.3) is 0 Å². The van der Waals surface area contributed by atoms with Gasteiger partial charge in [-0.1, -0.05) is 12.1 Å². The van der Waals surface area contributed by atoms with Gasteiger partial charge in [0.05, 0.1) is 12.7 Å². The van der Waals surface area contributed by atoms with E-state index in [0.29, 0.717) is 23.4 Å². The smallest absolute Gasteiger partial charge is 0.337 e. The summed E-state index contributed by atoms with van der Waals surface area (Å²) in [4.78, 5) is 34.1. The van der Waals surface area contributed by atoms with Crippen LogP contribution in [0.15, 0.2) is 48.5 Å². The lowest BCUT2D eigenvalue weighted by atomic mass is 10.1. The summed E-state index contributed by atoms with van der Waals surface area (Å²) < 4.78 is 9.95. The summed E-state index contributed by atoms with van der Waals surface area (Å²) in [7, 11) is 1.32. The van der Waals surface area contributed by atoms with Crippen molar-refractivity contribution in [1.82, 2.24) is 5.32 Å². The molecule has 25 heavy (non-hydrogen) atoms. The van der Waals surface area contributed by atoms with E-state index in [1.54, 1.807) is 36.4 Å². The molecule has 130 valence electrons. The van der Waals surface area contributed by atoms with E-state index in [1.807, 2.05) is 0 Å². The van der Waals surface area contributed by atoms with E-state index in [2.05, 4.69) is 10.1 Å². The third kappa shape index (κ3) is 5.35. The van der Waals surface area contributed by atoms with Crippen LogP contribution in [0.4, 0.5) is 0 Å². The molecule has 7 heteroatoms. The Morgan fingerprint density at radius 1 is 0.960 bits per heavy atom. The number of hydrogen-bond acceptors (Lipinski definition) is 5. The molecule has 2 aromatic carbocycles. The zero-order chi connectivity index (χ0) is 18.2. The standard InChI is InChI=1S/C18H18N2O5/c1-24-18(23)14-4-2-12(3-5-14)10-20-16(21)11-25-15-8-6-13(7-9-15)17(19)22/h2-9H,10-11H2,1H3,(H2,19,22)(H,20,21). The van der Waals surface area contributed by atoms with E-state index >= 15 is 0 Å². The molecule has 0 unspecified atom stereocenters. The molecule has 0 aliphatic rings. The minimum absolute atomic E-state index is 0.157. The Morgan fingerprint density at radius 3 is 2.12 bits per heavy atom. The summed E-state index contributed by atoms with van der Waals surface area (Å²) in [5.74, 6) is -0.771. The van der Waals surface area contributed by atoms with Gasteiger partial charge in [-0.25, -0.2) is 4.79 Å². The summed E-state index contributed by atoms with van der Waals surface area (Å²) in [6.07, 6.45) is 0. The van der Waals surface area contributed by atoms with Crippen LogP contribution in [-0.4, -0.2) is 31.5 Å². The van der Waals surface area contributed by atoms with Crippen molar-refractivity contribution < 1.29 is 23.9 Å². The van der Waals surface area contributed by atoms with E-state index < -0.39 is 11.9 Å². The number of ether oxygens (including phenoxy) is 2. The number of benzene rings is 2. The Morgan fingerprint density at radius 2 is 1.56 bits per heavy atom. The molecule has 0 aliphatic carbocycles. The molecule has 0 radical (unpaired) electrons. The summed E-state index contributed by atoms with van der Waals surface area (Å²) in [5, 5.41) is 2.71. The van der Waals surface area contributed by atoms with Crippen molar-refractivity contribution in [3.05, 3.63) is 65.2 Å². The fourth-order valence-corrected chi connectivity index (χ4v) is 1.99. The third-order valence-corrected chi connectivity index (χ3v) is 3.37. The third-order valence-electron chi connectivity index (χ3n) is 3.37. The van der Waals surface area contributed by atoms with Crippen molar-refractivity contribution >= 4 is 17.8 Å². The molecule has 0 bridgehead atoms. The number of nitrogens with one attached hydrogen (secondary N) is 1. The van der Waals surface area contributed by atoms with Crippen LogP contribution in [0.2, 0.25) is 0 Å². The van der Waals surface area contributed by atoms with Gasteiger partial charge >= 0.3 is 5.97 Å². The van der Waals surface area contributed by atoms with Crippen molar-refractivity contribution in [3.63, 3.8) is 0 Å². The number of methoxy groups -OCH3 is 1. The van der Waals surface area contributed by atoms with E-state index in [9.17, 15) is 14.4 Å². The topological polar surface area (TPSA) is 108 Å². The fraction of sp³-hybridized carbons (Fsp3) is 0.167. The maximum absolute atomic E-state index is 11.8. The lowest BCUT2D eigenvalue weighted by Gasteiger charge is -2.08. The summed E-state index contributed by atoms with van der Waals surface area (Å²) in [6, 6.07) is 12.9. The van der Waals surface area contributed by atoms with Crippen LogP contribution in [0.5, 0.6) is 5.75 Å². The molecule has 2 aromatic rings. The highest BCUT2D eigenvalue weighted by atomic mass is 16.5. The molecule has 0 saturated heterocycles. The number of nitrogens with two attached hydrogens (primary N) is 1. The monoisotopic (exact) mass is 342 g/mol. The minimum atomic E-state index is -0.525. The van der Waals surface area contributed by atoms with Crippen molar-refractivity contribution in [2.24, 2.45) is 5.73 Å². The molecule has 0 spiro atoms. The molecule has 2 rings (SSSR count). The van der Waals surface area contributed by atoms with Crippen molar-refractivity contribution in [2.45, 2.75) is 6.54 Å². The van der Waals surface area contributed by atoms with E-state index in [0.717, 1.165) is 5.56 Å². The highest BCUT2D eigenvalue weighted by Gasteiger charge is 2.06. The fourth-order valence-electron chi connectivity index (χ4n) is 1.99. The number of carbonyl (C=O) groups is 3. The molecule has 0 aromatic heterocycles. The number of hydrogen-bond donors (Lipinski definition) is 2. The predicted octanol–water partition coefficient (Wildman–Crippen LogP) is 1.27. The average molecular weight is 342 g/mol. The number of rotatable bonds is 7. The first-order chi connectivity index (χ1) is 12.0. The second-order valence-corrected chi connectivity index (χ2v) is 5.14. The van der Waals surface area contributed by atoms with Crippen molar-refractivity contribution in [3.8, 4) is 5.75 Å². The van der Waals surface area contributed by atoms with Gasteiger partial charge in [-0.2, -0.15) is 0 Å². The Hall–Kier alpha value is -3.35. The molecule has 2 amide bonds. The molecular formula is C18H18N2O5. The number of carbonyl (C=O) groups excluding carboxylic acids is 3. The first-order valence-corrected chi connectivity index (χ1v) is 7.46. The van der Waals surface area contributed by atoms with Gasteiger partial charge in [0.2, 0.25) is 5.91 Å². The van der Waals surface area contributed by atoms with Gasteiger partial charge in [-0.3, -0.25) is 9.59 Å². The maximum Gasteiger partial charge on any atom is 0.337 e. The number of primary amides is 1. The highest BCUT2D eigenvalue weighted by molar-refractivity contribution is 5.92. The van der Waals surface area contributed by atoms with Gasteiger partial charge in [0.1, 0.15) is 5.75 Å². The summed E-state index contributed by atoms with van der Waals surface area (Å²) >= 11 is 0. The van der Waals surface area contributed by atoms with E-state index in [-0.39, 0.29) is 12.5 Å². The van der Waals surface area contributed by atoms with Crippen LogP contribution in [0.3, 0.4) is 0 Å². The van der Waals surface area contributed by atoms with Gasteiger partial charge in [-0.05, 0) is 42.0 Å². The van der Waals surface area contributed by atoms with Crippen molar-refractivity contribution in [1.29, 1.82) is 0 Å². The van der Waals surface area contributed by atoms with Crippen LogP contribution >= 0.6 is 0 Å². The van der Waals surface area contributed by atoms with Gasteiger partial charge in [0.25, 0.3) is 5.91 Å². The minimum Gasteiger partial charge on any atom is -0.484 e. The quantitative estimate of drug-likeness (QED) is 0.737. The summed E-state index contributed by atoms with van der Waals surface area (Å²) in [5.41, 5.74) is 6.80. The number of esters is 1. The van der Waals surface area contributed by atoms with Gasteiger partial charge in [0, 0.05) is 12.1 Å². The Bertz CT molecular complexity index is 754.